The minimum atomic E-state index is -5.76. The molecule has 0 spiro atoms. The van der Waals surface area contributed by atoms with Crippen molar-refractivity contribution in [3.05, 3.63) is 0 Å². The van der Waals surface area contributed by atoms with Crippen LogP contribution in [0, 0.1) is 58.2 Å². The lowest BCUT2D eigenvalue weighted by Gasteiger charge is -2.41. The van der Waals surface area contributed by atoms with Gasteiger partial charge in [-0.3, -0.25) is 9.59 Å². The first kappa shape index (κ1) is 28.6. The molecule has 4 rings (SSSR count). The Hall–Kier alpha value is -1.41. The second-order valence-corrected chi connectivity index (χ2v) is 14.0. The summed E-state index contributed by atoms with van der Waals surface area (Å²) in [6.07, 6.45) is -1.37. The maximum absolute atomic E-state index is 13.4. The highest BCUT2D eigenvalue weighted by Crippen LogP contribution is 2.69. The van der Waals surface area contributed by atoms with Crippen molar-refractivity contribution in [3.63, 3.8) is 0 Å². The van der Waals surface area contributed by atoms with Crippen molar-refractivity contribution in [2.45, 2.75) is 98.3 Å². The molecule has 4 aliphatic carbocycles. The van der Waals surface area contributed by atoms with E-state index in [0.29, 0.717) is 18.3 Å². The fourth-order valence-electron chi connectivity index (χ4n) is 7.97. The predicted molar refractivity (Wildman–Crippen MR) is 126 cm³/mol. The highest BCUT2D eigenvalue weighted by molar-refractivity contribution is 5.74. The summed E-state index contributed by atoms with van der Waals surface area (Å²) in [5.41, 5.74) is -0.263. The first-order chi connectivity index (χ1) is 16.9. The average molecular weight is 537 g/mol. The highest BCUT2D eigenvalue weighted by atomic mass is 19.4. The van der Waals surface area contributed by atoms with Gasteiger partial charge in [0.05, 0.1) is 11.8 Å². The number of fused-ring (bicyclic) bond motifs is 9. The molecule has 0 amide bonds. The van der Waals surface area contributed by atoms with E-state index in [-0.39, 0.29) is 52.5 Å². The molecular weight excluding hydrogens is 495 g/mol. The van der Waals surface area contributed by atoms with Crippen molar-refractivity contribution >= 4 is 11.9 Å². The number of hydrogen-bond donors (Lipinski definition) is 0. The van der Waals surface area contributed by atoms with Gasteiger partial charge >= 0.3 is 24.0 Å². The zero-order valence-electron chi connectivity index (χ0n) is 22.7. The quantitative estimate of drug-likeness (QED) is 0.189. The monoisotopic (exact) mass is 536 g/mol. The van der Waals surface area contributed by atoms with Crippen molar-refractivity contribution in [1.82, 2.24) is 0 Å². The lowest BCUT2D eigenvalue weighted by Crippen LogP contribution is -2.45. The Morgan fingerprint density at radius 3 is 2.03 bits per heavy atom. The molecule has 0 N–H and O–H groups in total. The summed E-state index contributed by atoms with van der Waals surface area (Å²) in [4.78, 5) is 26.1. The number of carbonyl (C=O) groups is 2. The lowest BCUT2D eigenvalue weighted by atomic mass is 9.66. The normalized spacial score (nSPS) is 36.0. The van der Waals surface area contributed by atoms with E-state index in [9.17, 15) is 31.5 Å². The summed E-state index contributed by atoms with van der Waals surface area (Å²) >= 11 is 0. The number of halogens is 5. The Kier molecular flexibility index (Phi) is 7.23. The van der Waals surface area contributed by atoms with Crippen LogP contribution >= 0.6 is 0 Å². The van der Waals surface area contributed by atoms with E-state index in [0.717, 1.165) is 32.1 Å². The van der Waals surface area contributed by atoms with Crippen LogP contribution in [0.1, 0.15) is 80.1 Å². The molecule has 0 heterocycles. The standard InChI is InChI=1S/C28H41F5O4/c1-7-26(5,6)12-19(25(2,3)4)24(35)37-20-11-15-10-18(20)22-16-8-14(21(15)22)9-17(16)23(34)36-13-27(29,30)28(31,32)33/h14-22H,7-13H2,1-6H3. The van der Waals surface area contributed by atoms with E-state index >= 15 is 0 Å². The van der Waals surface area contributed by atoms with Gasteiger partial charge in [-0.1, -0.05) is 48.0 Å². The molecule has 212 valence electrons. The maximum Gasteiger partial charge on any atom is 0.456 e. The third kappa shape index (κ3) is 5.26. The summed E-state index contributed by atoms with van der Waals surface area (Å²) in [7, 11) is 0. The largest absolute Gasteiger partial charge is 0.462 e. The molecule has 4 saturated carbocycles. The van der Waals surface area contributed by atoms with E-state index in [1.807, 2.05) is 0 Å². The van der Waals surface area contributed by atoms with E-state index in [2.05, 4.69) is 46.3 Å². The van der Waals surface area contributed by atoms with Crippen molar-refractivity contribution < 1.29 is 41.0 Å². The van der Waals surface area contributed by atoms with Gasteiger partial charge in [-0.15, -0.1) is 0 Å². The van der Waals surface area contributed by atoms with E-state index < -0.39 is 30.6 Å². The van der Waals surface area contributed by atoms with Gasteiger partial charge in [0.15, 0.2) is 6.61 Å². The first-order valence-corrected chi connectivity index (χ1v) is 13.7. The van der Waals surface area contributed by atoms with E-state index in [4.69, 9.17) is 4.74 Å². The van der Waals surface area contributed by atoms with Crippen molar-refractivity contribution in [1.29, 1.82) is 0 Å². The molecule has 0 aromatic rings. The topological polar surface area (TPSA) is 52.6 Å². The number of hydrogen-bond acceptors (Lipinski definition) is 4. The smallest absolute Gasteiger partial charge is 0.456 e. The van der Waals surface area contributed by atoms with Crippen LogP contribution in [0.5, 0.6) is 0 Å². The highest BCUT2D eigenvalue weighted by Gasteiger charge is 2.67. The Morgan fingerprint density at radius 1 is 0.865 bits per heavy atom. The van der Waals surface area contributed by atoms with Gasteiger partial charge < -0.3 is 9.47 Å². The molecule has 9 unspecified atom stereocenters. The minimum Gasteiger partial charge on any atom is -0.462 e. The lowest BCUT2D eigenvalue weighted by molar-refractivity contribution is -0.294. The molecule has 0 aromatic heterocycles. The van der Waals surface area contributed by atoms with Crippen LogP contribution in [0.4, 0.5) is 22.0 Å². The summed E-state index contributed by atoms with van der Waals surface area (Å²) in [5, 5.41) is 0. The molecule has 4 aliphatic rings. The molecule has 9 heteroatoms. The average Bonchev–Trinajstić information content (AvgIpc) is 3.53. The van der Waals surface area contributed by atoms with Gasteiger partial charge in [0, 0.05) is 0 Å². The van der Waals surface area contributed by atoms with E-state index in [1.54, 1.807) is 0 Å². The number of carbonyl (C=O) groups excluding carboxylic acids is 2. The van der Waals surface area contributed by atoms with Crippen LogP contribution in [-0.4, -0.2) is 36.7 Å². The number of alkyl halides is 5. The van der Waals surface area contributed by atoms with Crippen LogP contribution in [0.25, 0.3) is 0 Å². The Morgan fingerprint density at radius 2 is 1.46 bits per heavy atom. The second kappa shape index (κ2) is 9.35. The van der Waals surface area contributed by atoms with Crippen molar-refractivity contribution in [3.8, 4) is 0 Å². The molecule has 0 radical (unpaired) electrons. The summed E-state index contributed by atoms with van der Waals surface area (Å²) < 4.78 is 74.8. The summed E-state index contributed by atoms with van der Waals surface area (Å²) in [6.45, 7) is 10.6. The zero-order chi connectivity index (χ0) is 27.7. The van der Waals surface area contributed by atoms with E-state index in [1.165, 1.54) is 0 Å². The van der Waals surface area contributed by atoms with Crippen LogP contribution in [-0.2, 0) is 19.1 Å². The number of ether oxygens (including phenoxy) is 2. The maximum atomic E-state index is 13.4. The molecule has 0 aromatic carbocycles. The zero-order valence-corrected chi connectivity index (χ0v) is 22.7. The van der Waals surface area contributed by atoms with Gasteiger partial charge in [0.1, 0.15) is 6.10 Å². The molecule has 37 heavy (non-hydrogen) atoms. The molecule has 4 nitrogen and oxygen atoms in total. The first-order valence-electron chi connectivity index (χ1n) is 13.7. The molecule has 9 atom stereocenters. The van der Waals surface area contributed by atoms with Crippen molar-refractivity contribution in [2.24, 2.45) is 58.2 Å². The van der Waals surface area contributed by atoms with Gasteiger partial charge in [0.2, 0.25) is 0 Å². The number of rotatable bonds is 8. The summed E-state index contributed by atoms with van der Waals surface area (Å²) in [6, 6.07) is 0. The molecule has 4 bridgehead atoms. The molecule has 0 saturated heterocycles. The van der Waals surface area contributed by atoms with Crippen LogP contribution in [0.3, 0.4) is 0 Å². The van der Waals surface area contributed by atoms with Crippen molar-refractivity contribution in [2.75, 3.05) is 6.61 Å². The third-order valence-electron chi connectivity index (χ3n) is 10.2. The SMILES string of the molecule is CCC(C)(C)CC(C(=O)OC1CC2CC1C1C3CC(CC3C(=O)OCC(F)(F)C(F)(F)F)C21)C(C)(C)C. The Bertz CT molecular complexity index is 892. The van der Waals surface area contributed by atoms with Crippen LogP contribution in [0.2, 0.25) is 0 Å². The predicted octanol–water partition coefficient (Wildman–Crippen LogP) is 7.06. The second-order valence-electron chi connectivity index (χ2n) is 14.0. The van der Waals surface area contributed by atoms with Gasteiger partial charge in [-0.25, -0.2) is 0 Å². The summed E-state index contributed by atoms with van der Waals surface area (Å²) in [5.74, 6) is -5.98. The Labute approximate surface area is 216 Å². The Balaban J connectivity index is 1.42. The number of esters is 2. The fraction of sp³-hybridized carbons (Fsp3) is 0.929. The third-order valence-corrected chi connectivity index (χ3v) is 10.2. The van der Waals surface area contributed by atoms with Gasteiger partial charge in [-0.05, 0) is 78.4 Å². The van der Waals surface area contributed by atoms with Gasteiger partial charge in [-0.2, -0.15) is 22.0 Å². The molecule has 0 aliphatic heterocycles. The van der Waals surface area contributed by atoms with Gasteiger partial charge in [0.25, 0.3) is 0 Å². The van der Waals surface area contributed by atoms with Crippen LogP contribution in [0.15, 0.2) is 0 Å². The minimum absolute atomic E-state index is 0.00213. The molecule has 4 fully saturated rings. The fourth-order valence-corrected chi connectivity index (χ4v) is 7.97. The molecular formula is C28H41F5O4. The van der Waals surface area contributed by atoms with Crippen LogP contribution < -0.4 is 0 Å².